The van der Waals surface area contributed by atoms with E-state index in [4.69, 9.17) is 14.5 Å². The lowest BCUT2D eigenvalue weighted by Gasteiger charge is -2.25. The van der Waals surface area contributed by atoms with Crippen LogP contribution in [0.25, 0.3) is 0 Å². The number of aryl methyl sites for hydroxylation is 1. The second kappa shape index (κ2) is 10.8. The molecule has 0 bridgehead atoms. The summed E-state index contributed by atoms with van der Waals surface area (Å²) in [6.45, 7) is 1.75. The molecule has 12 heteroatoms. The predicted octanol–water partition coefficient (Wildman–Crippen LogP) is 3.34. The standard InChI is InChI=1S/C21H22FN3O6S2/c1-14-11-16(24-31-14)12-32-13-20(21(26)23-27)25(2)33(28,29)19-9-7-18(8-10-19)30-17-5-3-15(22)4-6-17/h3-11,20,27H,12-13H2,1-2H3,(H,23,26). The van der Waals surface area contributed by atoms with Crippen molar-refractivity contribution in [1.29, 1.82) is 0 Å². The predicted molar refractivity (Wildman–Crippen MR) is 119 cm³/mol. The molecule has 2 aromatic carbocycles. The van der Waals surface area contributed by atoms with Crippen molar-refractivity contribution in [1.82, 2.24) is 14.9 Å². The van der Waals surface area contributed by atoms with Crippen molar-refractivity contribution < 1.29 is 32.1 Å². The molecule has 1 aromatic heterocycles. The largest absolute Gasteiger partial charge is 0.457 e. The zero-order chi connectivity index (χ0) is 24.0. The number of carbonyl (C=O) groups excluding carboxylic acids is 1. The van der Waals surface area contributed by atoms with E-state index in [-0.39, 0.29) is 10.6 Å². The Bertz CT molecular complexity index is 1180. The third kappa shape index (κ3) is 6.32. The van der Waals surface area contributed by atoms with Gasteiger partial charge in [-0.1, -0.05) is 5.16 Å². The van der Waals surface area contributed by atoms with E-state index in [9.17, 15) is 17.6 Å². The zero-order valence-corrected chi connectivity index (χ0v) is 19.4. The number of nitrogens with zero attached hydrogens (tertiary/aromatic N) is 2. The summed E-state index contributed by atoms with van der Waals surface area (Å²) >= 11 is 1.27. The van der Waals surface area contributed by atoms with E-state index in [0.717, 1.165) is 4.31 Å². The number of amides is 1. The van der Waals surface area contributed by atoms with Gasteiger partial charge in [0.15, 0.2) is 0 Å². The molecule has 3 aromatic rings. The summed E-state index contributed by atoms with van der Waals surface area (Å²) in [4.78, 5) is 12.1. The molecule has 0 radical (unpaired) electrons. The molecule has 0 fully saturated rings. The summed E-state index contributed by atoms with van der Waals surface area (Å²) in [5, 5.41) is 13.0. The van der Waals surface area contributed by atoms with Crippen molar-refractivity contribution in [2.24, 2.45) is 0 Å². The fourth-order valence-electron chi connectivity index (χ4n) is 2.83. The maximum Gasteiger partial charge on any atom is 0.262 e. The van der Waals surface area contributed by atoms with Gasteiger partial charge in [-0.3, -0.25) is 10.0 Å². The second-order valence-corrected chi connectivity index (χ2v) is 10.0. The van der Waals surface area contributed by atoms with Crippen molar-refractivity contribution in [3.05, 3.63) is 71.9 Å². The van der Waals surface area contributed by atoms with Gasteiger partial charge in [-0.15, -0.1) is 0 Å². The Morgan fingerprint density at radius 3 is 2.36 bits per heavy atom. The molecule has 0 aliphatic rings. The van der Waals surface area contributed by atoms with Crippen LogP contribution in [0.2, 0.25) is 0 Å². The molecular weight excluding hydrogens is 473 g/mol. The van der Waals surface area contributed by atoms with E-state index in [1.807, 2.05) is 0 Å². The lowest BCUT2D eigenvalue weighted by Crippen LogP contribution is -2.48. The van der Waals surface area contributed by atoms with Crippen molar-refractivity contribution >= 4 is 27.7 Å². The summed E-state index contributed by atoms with van der Waals surface area (Å²) in [7, 11) is -2.81. The number of ether oxygens (including phenoxy) is 1. The fraction of sp³-hybridized carbons (Fsp3) is 0.238. The van der Waals surface area contributed by atoms with E-state index >= 15 is 0 Å². The van der Waals surface area contributed by atoms with Crippen LogP contribution >= 0.6 is 11.8 Å². The Morgan fingerprint density at radius 1 is 1.21 bits per heavy atom. The number of likely N-dealkylation sites (N-methyl/N-ethyl adjacent to an activating group) is 1. The lowest BCUT2D eigenvalue weighted by molar-refractivity contribution is -0.132. The Morgan fingerprint density at radius 2 is 1.82 bits per heavy atom. The molecule has 1 unspecified atom stereocenters. The average molecular weight is 496 g/mol. The molecule has 0 spiro atoms. The minimum atomic E-state index is -4.07. The molecule has 0 aliphatic carbocycles. The second-order valence-electron chi connectivity index (χ2n) is 6.98. The van der Waals surface area contributed by atoms with Crippen LogP contribution in [-0.2, 0) is 20.6 Å². The molecule has 1 amide bonds. The quantitative estimate of drug-likeness (QED) is 0.324. The number of hydrogen-bond donors (Lipinski definition) is 2. The summed E-state index contributed by atoms with van der Waals surface area (Å²) in [6.07, 6.45) is 0. The van der Waals surface area contributed by atoms with Crippen LogP contribution in [-0.4, -0.2) is 47.8 Å². The van der Waals surface area contributed by atoms with Gasteiger partial charge in [0.05, 0.1) is 10.6 Å². The Hall–Kier alpha value is -2.93. The highest BCUT2D eigenvalue weighted by molar-refractivity contribution is 7.98. The average Bonchev–Trinajstić information content (AvgIpc) is 3.22. The van der Waals surface area contributed by atoms with Gasteiger partial charge in [0.2, 0.25) is 10.0 Å². The first-order chi connectivity index (χ1) is 15.7. The number of rotatable bonds is 10. The number of benzene rings is 2. The minimum Gasteiger partial charge on any atom is -0.457 e. The number of thioether (sulfide) groups is 1. The number of sulfonamides is 1. The maximum absolute atomic E-state index is 13.1. The summed E-state index contributed by atoms with van der Waals surface area (Å²) in [6, 6.07) is 11.5. The molecule has 3 rings (SSSR count). The zero-order valence-electron chi connectivity index (χ0n) is 17.8. The molecule has 1 heterocycles. The number of halogens is 1. The fourth-order valence-corrected chi connectivity index (χ4v) is 5.31. The van der Waals surface area contributed by atoms with Crippen LogP contribution in [0.4, 0.5) is 4.39 Å². The van der Waals surface area contributed by atoms with Gasteiger partial charge in [-0.2, -0.15) is 16.1 Å². The van der Waals surface area contributed by atoms with Crippen LogP contribution in [0.5, 0.6) is 11.5 Å². The number of nitrogens with one attached hydrogen (secondary N) is 1. The summed E-state index contributed by atoms with van der Waals surface area (Å²) in [5.41, 5.74) is 2.18. The normalized spacial score (nSPS) is 12.5. The van der Waals surface area contributed by atoms with E-state index in [0.29, 0.717) is 28.7 Å². The third-order valence-electron chi connectivity index (χ3n) is 4.60. The van der Waals surface area contributed by atoms with Crippen LogP contribution < -0.4 is 10.2 Å². The molecule has 9 nitrogen and oxygen atoms in total. The van der Waals surface area contributed by atoms with Crippen LogP contribution in [0, 0.1) is 12.7 Å². The van der Waals surface area contributed by atoms with E-state index < -0.39 is 27.8 Å². The molecular formula is C21H22FN3O6S2. The van der Waals surface area contributed by atoms with E-state index in [1.54, 1.807) is 13.0 Å². The SMILES string of the molecule is Cc1cc(CSCC(C(=O)NO)N(C)S(=O)(=O)c2ccc(Oc3ccc(F)cc3)cc2)no1. The van der Waals surface area contributed by atoms with Crippen molar-refractivity contribution in [3.63, 3.8) is 0 Å². The van der Waals surface area contributed by atoms with Gasteiger partial charge in [-0.05, 0) is 55.5 Å². The highest BCUT2D eigenvalue weighted by Crippen LogP contribution is 2.26. The molecule has 176 valence electrons. The Labute approximate surface area is 194 Å². The van der Waals surface area contributed by atoms with Gasteiger partial charge in [0, 0.05) is 24.6 Å². The monoisotopic (exact) mass is 495 g/mol. The highest BCUT2D eigenvalue weighted by Gasteiger charge is 2.33. The lowest BCUT2D eigenvalue weighted by atomic mass is 10.3. The molecule has 0 saturated heterocycles. The Kier molecular flexibility index (Phi) is 8.08. The number of hydroxylamine groups is 1. The molecule has 0 saturated carbocycles. The van der Waals surface area contributed by atoms with Gasteiger partial charge < -0.3 is 9.26 Å². The third-order valence-corrected chi connectivity index (χ3v) is 7.54. The smallest absolute Gasteiger partial charge is 0.262 e. The molecule has 1 atom stereocenters. The topological polar surface area (TPSA) is 122 Å². The first-order valence-corrected chi connectivity index (χ1v) is 12.3. The number of hydrogen-bond acceptors (Lipinski definition) is 8. The Balaban J connectivity index is 1.70. The van der Waals surface area contributed by atoms with Crippen LogP contribution in [0.15, 0.2) is 64.0 Å². The highest BCUT2D eigenvalue weighted by atomic mass is 32.2. The van der Waals surface area contributed by atoms with Crippen LogP contribution in [0.1, 0.15) is 11.5 Å². The first-order valence-electron chi connectivity index (χ1n) is 9.66. The first kappa shape index (κ1) is 24.7. The minimum absolute atomic E-state index is 0.0654. The van der Waals surface area contributed by atoms with Gasteiger partial charge in [0.1, 0.15) is 29.1 Å². The molecule has 33 heavy (non-hydrogen) atoms. The van der Waals surface area contributed by atoms with Crippen molar-refractivity contribution in [2.75, 3.05) is 12.8 Å². The van der Waals surface area contributed by atoms with Crippen LogP contribution in [0.3, 0.4) is 0 Å². The summed E-state index contributed by atoms with van der Waals surface area (Å²) < 4.78 is 50.6. The van der Waals surface area contributed by atoms with Gasteiger partial charge in [-0.25, -0.2) is 18.3 Å². The van der Waals surface area contributed by atoms with Gasteiger partial charge in [0.25, 0.3) is 5.91 Å². The van der Waals surface area contributed by atoms with Crippen molar-refractivity contribution in [2.45, 2.75) is 23.6 Å². The number of aromatic nitrogens is 1. The maximum atomic E-state index is 13.1. The number of carbonyl (C=O) groups is 1. The summed E-state index contributed by atoms with van der Waals surface area (Å²) in [5.74, 6) is 0.593. The van der Waals surface area contributed by atoms with E-state index in [2.05, 4.69) is 5.16 Å². The van der Waals surface area contributed by atoms with Gasteiger partial charge >= 0.3 is 0 Å². The van der Waals surface area contributed by atoms with Crippen molar-refractivity contribution in [3.8, 4) is 11.5 Å². The molecule has 2 N–H and O–H groups in total. The van der Waals surface area contributed by atoms with E-state index in [1.165, 1.54) is 72.8 Å². The molecule has 0 aliphatic heterocycles.